The molecule has 0 saturated carbocycles. The first-order valence-electron chi connectivity index (χ1n) is 8.91. The van der Waals surface area contributed by atoms with Crippen molar-refractivity contribution in [3.05, 3.63) is 12.2 Å². The smallest absolute Gasteiger partial charge is 0.327 e. The summed E-state index contributed by atoms with van der Waals surface area (Å²) in [6, 6.07) is 0. The third kappa shape index (κ3) is 14.4. The fourth-order valence-electron chi connectivity index (χ4n) is 2.50. The van der Waals surface area contributed by atoms with E-state index in [0.717, 1.165) is 44.6 Å². The van der Waals surface area contributed by atoms with Crippen LogP contribution < -0.4 is 0 Å². The Kier molecular flexibility index (Phi) is 14.1. The van der Waals surface area contributed by atoms with Crippen LogP contribution in [0.2, 0.25) is 0 Å². The summed E-state index contributed by atoms with van der Waals surface area (Å²) in [6.07, 6.45) is 9.65. The second kappa shape index (κ2) is 14.7. The average molecular weight is 330 g/mol. The Labute approximate surface area is 140 Å². The van der Waals surface area contributed by atoms with E-state index in [2.05, 4.69) is 6.92 Å². The Hall–Kier alpha value is -0.910. The molecule has 0 aliphatic carbocycles. The number of unbranched alkanes of at least 4 members (excludes halogenated alkanes) is 5. The van der Waals surface area contributed by atoms with E-state index in [1.165, 1.54) is 0 Å². The van der Waals surface area contributed by atoms with E-state index < -0.39 is 24.3 Å². The van der Waals surface area contributed by atoms with E-state index in [1.54, 1.807) is 6.08 Å². The second-order valence-electron chi connectivity index (χ2n) is 6.24. The average Bonchev–Trinajstić information content (AvgIpc) is 2.52. The standard InChI is InChI=1S/C18H34O5/c1-2-3-4-8-11-16(20)17(21)14-13-15(19)10-7-5-6-9-12-18(22)23/h9,12,15-17,19-21H,2-8,10-11,13-14H2,1H3,(H,22,23)/b12-9+. The molecule has 0 aliphatic heterocycles. The minimum Gasteiger partial charge on any atom is -0.478 e. The van der Waals surface area contributed by atoms with Crippen LogP contribution in [0.4, 0.5) is 0 Å². The van der Waals surface area contributed by atoms with Gasteiger partial charge in [0.2, 0.25) is 0 Å². The van der Waals surface area contributed by atoms with Crippen molar-refractivity contribution in [3.63, 3.8) is 0 Å². The van der Waals surface area contributed by atoms with E-state index in [-0.39, 0.29) is 0 Å². The normalized spacial score (nSPS) is 15.7. The van der Waals surface area contributed by atoms with E-state index in [4.69, 9.17) is 5.11 Å². The van der Waals surface area contributed by atoms with Crippen LogP contribution in [0, 0.1) is 0 Å². The van der Waals surface area contributed by atoms with Gasteiger partial charge in [0.15, 0.2) is 0 Å². The molecule has 0 fully saturated rings. The number of rotatable bonds is 15. The molecule has 136 valence electrons. The first-order chi connectivity index (χ1) is 11.0. The minimum atomic E-state index is -0.938. The van der Waals surface area contributed by atoms with Crippen molar-refractivity contribution in [2.45, 2.75) is 95.9 Å². The summed E-state index contributed by atoms with van der Waals surface area (Å²) >= 11 is 0. The molecule has 0 saturated heterocycles. The highest BCUT2D eigenvalue weighted by Crippen LogP contribution is 2.15. The Morgan fingerprint density at radius 2 is 1.52 bits per heavy atom. The zero-order chi connectivity index (χ0) is 17.5. The van der Waals surface area contributed by atoms with Gasteiger partial charge in [-0.25, -0.2) is 4.79 Å². The third-order valence-electron chi connectivity index (χ3n) is 4.01. The predicted octanol–water partition coefficient (Wildman–Crippen LogP) is 3.02. The molecular formula is C18H34O5. The number of carbonyl (C=O) groups is 1. The second-order valence-corrected chi connectivity index (χ2v) is 6.24. The van der Waals surface area contributed by atoms with Crippen LogP contribution in [0.1, 0.15) is 77.6 Å². The van der Waals surface area contributed by atoms with Gasteiger partial charge in [-0.3, -0.25) is 0 Å². The molecule has 0 radical (unpaired) electrons. The van der Waals surface area contributed by atoms with Gasteiger partial charge in [0, 0.05) is 6.08 Å². The maximum Gasteiger partial charge on any atom is 0.327 e. The fraction of sp³-hybridized carbons (Fsp3) is 0.833. The molecule has 5 heteroatoms. The van der Waals surface area contributed by atoms with Crippen molar-refractivity contribution in [1.82, 2.24) is 0 Å². The van der Waals surface area contributed by atoms with Gasteiger partial charge in [-0.15, -0.1) is 0 Å². The van der Waals surface area contributed by atoms with Crippen molar-refractivity contribution in [2.75, 3.05) is 0 Å². The molecule has 0 aromatic rings. The number of carboxylic acid groups (broad SMARTS) is 1. The number of allylic oxidation sites excluding steroid dienone is 1. The SMILES string of the molecule is CCCCCCC(O)C(O)CCC(O)CCCC/C=C/C(=O)O. The Morgan fingerprint density at radius 3 is 2.17 bits per heavy atom. The summed E-state index contributed by atoms with van der Waals surface area (Å²) in [7, 11) is 0. The minimum absolute atomic E-state index is 0.412. The monoisotopic (exact) mass is 330 g/mol. The quantitative estimate of drug-likeness (QED) is 0.273. The lowest BCUT2D eigenvalue weighted by atomic mass is 9.98. The highest BCUT2D eigenvalue weighted by Gasteiger charge is 2.17. The topological polar surface area (TPSA) is 98.0 Å². The molecule has 0 aromatic heterocycles. The summed E-state index contributed by atoms with van der Waals surface area (Å²) < 4.78 is 0. The summed E-state index contributed by atoms with van der Waals surface area (Å²) in [5.41, 5.74) is 0. The molecule has 0 spiro atoms. The van der Waals surface area contributed by atoms with Crippen molar-refractivity contribution in [2.24, 2.45) is 0 Å². The number of hydrogen-bond donors (Lipinski definition) is 4. The van der Waals surface area contributed by atoms with Crippen LogP contribution in [0.15, 0.2) is 12.2 Å². The van der Waals surface area contributed by atoms with Gasteiger partial charge < -0.3 is 20.4 Å². The number of hydrogen-bond acceptors (Lipinski definition) is 4. The number of aliphatic hydroxyl groups excluding tert-OH is 3. The Morgan fingerprint density at radius 1 is 0.870 bits per heavy atom. The number of aliphatic hydroxyl groups is 3. The highest BCUT2D eigenvalue weighted by molar-refractivity contribution is 5.79. The first kappa shape index (κ1) is 22.1. The van der Waals surface area contributed by atoms with Crippen LogP contribution in [-0.2, 0) is 4.79 Å². The summed E-state index contributed by atoms with van der Waals surface area (Å²) in [4.78, 5) is 10.3. The zero-order valence-corrected chi connectivity index (χ0v) is 14.4. The van der Waals surface area contributed by atoms with Gasteiger partial charge in [-0.2, -0.15) is 0 Å². The molecule has 0 aromatic carbocycles. The molecule has 5 nitrogen and oxygen atoms in total. The van der Waals surface area contributed by atoms with Gasteiger partial charge in [0.25, 0.3) is 0 Å². The summed E-state index contributed by atoms with van der Waals surface area (Å²) in [6.45, 7) is 2.13. The zero-order valence-electron chi connectivity index (χ0n) is 14.4. The largest absolute Gasteiger partial charge is 0.478 e. The molecule has 0 aliphatic rings. The lowest BCUT2D eigenvalue weighted by Gasteiger charge is -2.19. The molecule has 3 unspecified atom stereocenters. The van der Waals surface area contributed by atoms with E-state index >= 15 is 0 Å². The number of aliphatic carboxylic acids is 1. The third-order valence-corrected chi connectivity index (χ3v) is 4.01. The van der Waals surface area contributed by atoms with Crippen LogP contribution in [0.3, 0.4) is 0 Å². The fourth-order valence-corrected chi connectivity index (χ4v) is 2.50. The molecule has 23 heavy (non-hydrogen) atoms. The first-order valence-corrected chi connectivity index (χ1v) is 8.91. The molecule has 0 bridgehead atoms. The molecule has 0 amide bonds. The lowest BCUT2D eigenvalue weighted by molar-refractivity contribution is -0.131. The van der Waals surface area contributed by atoms with Crippen molar-refractivity contribution >= 4 is 5.97 Å². The van der Waals surface area contributed by atoms with Gasteiger partial charge in [-0.1, -0.05) is 45.1 Å². The molecular weight excluding hydrogens is 296 g/mol. The van der Waals surface area contributed by atoms with Crippen molar-refractivity contribution < 1.29 is 25.2 Å². The molecule has 0 heterocycles. The van der Waals surface area contributed by atoms with Gasteiger partial charge in [0.1, 0.15) is 0 Å². The maximum atomic E-state index is 10.3. The van der Waals surface area contributed by atoms with Gasteiger partial charge >= 0.3 is 5.97 Å². The Balaban J connectivity index is 3.62. The summed E-state index contributed by atoms with van der Waals surface area (Å²) in [5, 5.41) is 38.1. The van der Waals surface area contributed by atoms with Crippen molar-refractivity contribution in [1.29, 1.82) is 0 Å². The van der Waals surface area contributed by atoms with Crippen LogP contribution in [-0.4, -0.2) is 44.7 Å². The highest BCUT2D eigenvalue weighted by atomic mass is 16.4. The number of carboxylic acids is 1. The molecule has 4 N–H and O–H groups in total. The Bertz CT molecular complexity index is 317. The predicted molar refractivity (Wildman–Crippen MR) is 91.3 cm³/mol. The summed E-state index contributed by atoms with van der Waals surface area (Å²) in [5.74, 6) is -0.938. The van der Waals surface area contributed by atoms with Crippen LogP contribution >= 0.6 is 0 Å². The van der Waals surface area contributed by atoms with Gasteiger partial charge in [-0.05, 0) is 38.5 Å². The van der Waals surface area contributed by atoms with Gasteiger partial charge in [0.05, 0.1) is 18.3 Å². The van der Waals surface area contributed by atoms with Crippen LogP contribution in [0.25, 0.3) is 0 Å². The maximum absolute atomic E-state index is 10.3. The lowest BCUT2D eigenvalue weighted by Crippen LogP contribution is -2.27. The van der Waals surface area contributed by atoms with E-state index in [9.17, 15) is 20.1 Å². The van der Waals surface area contributed by atoms with Crippen LogP contribution in [0.5, 0.6) is 0 Å². The molecule has 3 atom stereocenters. The van der Waals surface area contributed by atoms with E-state index in [0.29, 0.717) is 32.1 Å². The van der Waals surface area contributed by atoms with Crippen molar-refractivity contribution in [3.8, 4) is 0 Å². The molecule has 0 rings (SSSR count). The van der Waals surface area contributed by atoms with E-state index in [1.807, 2.05) is 0 Å².